The van der Waals surface area contributed by atoms with Crippen LogP contribution >= 0.6 is 33.1 Å². The topological polar surface area (TPSA) is 9.23 Å². The Labute approximate surface area is 193 Å². The van der Waals surface area contributed by atoms with Gasteiger partial charge in [0.05, 0.1) is 0 Å². The number of benzene rings is 4. The smallest absolute Gasteiger partial charge is 0.187 e. The zero-order valence-electron chi connectivity index (χ0n) is 16.9. The summed E-state index contributed by atoms with van der Waals surface area (Å²) in [6.45, 7) is 4.24. The lowest BCUT2D eigenvalue weighted by atomic mass is 9.98. The molecule has 1 aromatic heterocycles. The van der Waals surface area contributed by atoms with Crippen LogP contribution in [0.15, 0.2) is 97.1 Å². The first-order chi connectivity index (χ1) is 14.5. The van der Waals surface area contributed by atoms with E-state index in [1.165, 1.54) is 34.2 Å². The number of thiophene rings is 1. The molecule has 148 valence electrons. The van der Waals surface area contributed by atoms with Crippen molar-refractivity contribution >= 4 is 53.2 Å². The summed E-state index contributed by atoms with van der Waals surface area (Å²) in [5.41, 5.74) is 0.785. The molecule has 0 amide bonds. The summed E-state index contributed by atoms with van der Waals surface area (Å²) in [5, 5.41) is 2.72. The van der Waals surface area contributed by atoms with Crippen molar-refractivity contribution in [3.8, 4) is 10.6 Å². The van der Waals surface area contributed by atoms with E-state index >= 15 is 0 Å². The molecule has 1 nitrogen and oxygen atoms in total. The third-order valence-corrected chi connectivity index (χ3v) is 8.53. The minimum absolute atomic E-state index is 0.0670. The van der Waals surface area contributed by atoms with E-state index in [9.17, 15) is 0 Å². The monoisotopic (exact) mass is 521 g/mol. The largest absolute Gasteiger partial charge is 0.483 e. The highest BCUT2D eigenvalue weighted by Crippen LogP contribution is 2.48. The number of hydrogen-bond donors (Lipinski definition) is 0. The summed E-state index contributed by atoms with van der Waals surface area (Å²) in [4.78, 5) is 1.33. The zero-order chi connectivity index (χ0) is 20.7. The minimum Gasteiger partial charge on any atom is -0.483 e. The SMILES string of the molecule is CC(C)(Oc1ccc(-[s+]2c3ccccc3c3ccccc32)cc1)c1ccc(I)cc1. The molecule has 0 atom stereocenters. The van der Waals surface area contributed by atoms with Crippen molar-refractivity contribution in [3.63, 3.8) is 0 Å². The molecule has 0 bridgehead atoms. The van der Waals surface area contributed by atoms with E-state index in [2.05, 4.69) is 134 Å². The van der Waals surface area contributed by atoms with Crippen LogP contribution in [-0.4, -0.2) is 0 Å². The van der Waals surface area contributed by atoms with Crippen LogP contribution in [0.4, 0.5) is 0 Å². The molecule has 5 rings (SSSR count). The fraction of sp³-hybridized carbons (Fsp3) is 0.111. The van der Waals surface area contributed by atoms with Crippen LogP contribution in [0.25, 0.3) is 25.1 Å². The number of hydrogen-bond acceptors (Lipinski definition) is 1. The standard InChI is InChI=1S/C27H22IOS/c1-27(2,19-11-13-20(28)14-12-19)29-21-15-17-22(18-16-21)30-25-9-5-3-7-23(25)24-8-4-6-10-26(24)30/h3-18H,1-2H3/q+1. The molecule has 3 heteroatoms. The van der Waals surface area contributed by atoms with Gasteiger partial charge >= 0.3 is 0 Å². The predicted octanol–water partition coefficient (Wildman–Crippen LogP) is 8.65. The average Bonchev–Trinajstić information content (AvgIpc) is 3.09. The van der Waals surface area contributed by atoms with Crippen molar-refractivity contribution in [1.29, 1.82) is 0 Å². The van der Waals surface area contributed by atoms with Crippen LogP contribution in [0, 0.1) is 3.57 Å². The predicted molar refractivity (Wildman–Crippen MR) is 138 cm³/mol. The molecule has 0 aliphatic rings. The summed E-state index contributed by atoms with van der Waals surface area (Å²) >= 11 is 2.33. The van der Waals surface area contributed by atoms with Gasteiger partial charge in [0, 0.05) is 36.9 Å². The molecular formula is C27H22IOS+. The van der Waals surface area contributed by atoms with Gasteiger partial charge in [-0.3, -0.25) is 0 Å². The molecule has 5 aromatic rings. The van der Waals surface area contributed by atoms with Crippen LogP contribution in [0.3, 0.4) is 0 Å². The number of fused-ring (bicyclic) bond motifs is 3. The van der Waals surface area contributed by atoms with Crippen molar-refractivity contribution < 1.29 is 4.74 Å². The molecular weight excluding hydrogens is 499 g/mol. The molecule has 1 heterocycles. The minimum atomic E-state index is -0.388. The van der Waals surface area contributed by atoms with E-state index in [-0.39, 0.29) is 16.1 Å². The van der Waals surface area contributed by atoms with Gasteiger partial charge < -0.3 is 4.74 Å². The van der Waals surface area contributed by atoms with Crippen molar-refractivity contribution in [3.05, 3.63) is 106 Å². The van der Waals surface area contributed by atoms with Crippen LogP contribution < -0.4 is 4.74 Å². The maximum atomic E-state index is 6.38. The lowest BCUT2D eigenvalue weighted by Gasteiger charge is -2.27. The Morgan fingerprint density at radius 1 is 0.667 bits per heavy atom. The maximum absolute atomic E-state index is 6.38. The lowest BCUT2D eigenvalue weighted by molar-refractivity contribution is 0.109. The number of halogens is 1. The van der Waals surface area contributed by atoms with Crippen LogP contribution in [-0.2, 0) is 5.60 Å². The molecule has 0 aliphatic carbocycles. The zero-order valence-corrected chi connectivity index (χ0v) is 19.9. The van der Waals surface area contributed by atoms with Crippen LogP contribution in [0.5, 0.6) is 5.75 Å². The van der Waals surface area contributed by atoms with Gasteiger partial charge in [-0.25, -0.2) is 0 Å². The summed E-state index contributed by atoms with van der Waals surface area (Å²) in [7, 11) is -0.0670. The maximum Gasteiger partial charge on any atom is 0.187 e. The molecule has 0 aliphatic heterocycles. The molecule has 0 N–H and O–H groups in total. The van der Waals surface area contributed by atoms with Gasteiger partial charge in [0.2, 0.25) is 0 Å². The van der Waals surface area contributed by atoms with Crippen molar-refractivity contribution in [2.75, 3.05) is 0 Å². The van der Waals surface area contributed by atoms with Gasteiger partial charge in [-0.1, -0.05) is 36.4 Å². The quantitative estimate of drug-likeness (QED) is 0.170. The molecule has 0 spiro atoms. The van der Waals surface area contributed by atoms with Gasteiger partial charge in [-0.2, -0.15) is 0 Å². The van der Waals surface area contributed by atoms with E-state index in [1.807, 2.05) is 0 Å². The highest BCUT2D eigenvalue weighted by atomic mass is 127. The third-order valence-electron chi connectivity index (χ3n) is 5.48. The summed E-state index contributed by atoms with van der Waals surface area (Å²) in [6.07, 6.45) is 0. The van der Waals surface area contributed by atoms with Gasteiger partial charge in [-0.15, -0.1) is 0 Å². The van der Waals surface area contributed by atoms with Gasteiger partial charge in [0.1, 0.15) is 11.4 Å². The van der Waals surface area contributed by atoms with E-state index in [0.717, 1.165) is 5.75 Å². The van der Waals surface area contributed by atoms with E-state index in [4.69, 9.17) is 4.74 Å². The Balaban J connectivity index is 1.52. The molecule has 0 saturated heterocycles. The normalized spacial score (nSPS) is 11.8. The average molecular weight is 521 g/mol. The highest BCUT2D eigenvalue weighted by Gasteiger charge is 2.25. The second-order valence-corrected chi connectivity index (χ2v) is 11.1. The number of rotatable bonds is 4. The van der Waals surface area contributed by atoms with Crippen LogP contribution in [0.1, 0.15) is 19.4 Å². The highest BCUT2D eigenvalue weighted by molar-refractivity contribution is 14.1. The molecule has 0 saturated carbocycles. The van der Waals surface area contributed by atoms with E-state index < -0.39 is 0 Å². The van der Waals surface area contributed by atoms with Gasteiger partial charge in [-0.05, 0) is 90.5 Å². The first-order valence-corrected chi connectivity index (χ1v) is 12.3. The van der Waals surface area contributed by atoms with Crippen molar-refractivity contribution in [1.82, 2.24) is 0 Å². The Hall–Kier alpha value is -2.37. The van der Waals surface area contributed by atoms with Gasteiger partial charge in [0.25, 0.3) is 0 Å². The third kappa shape index (κ3) is 3.50. The fourth-order valence-electron chi connectivity index (χ4n) is 3.96. The molecule has 0 unspecified atom stereocenters. The summed E-state index contributed by atoms with van der Waals surface area (Å²) in [5.74, 6) is 0.895. The molecule has 0 radical (unpaired) electrons. The Morgan fingerprint density at radius 2 is 1.20 bits per heavy atom. The molecule has 4 aromatic carbocycles. The Kier molecular flexibility index (Phi) is 5.03. The summed E-state index contributed by atoms with van der Waals surface area (Å²) < 4.78 is 10.4. The molecule has 30 heavy (non-hydrogen) atoms. The first kappa shape index (κ1) is 19.6. The van der Waals surface area contributed by atoms with Gasteiger partial charge in [0.15, 0.2) is 14.3 Å². The van der Waals surface area contributed by atoms with E-state index in [1.54, 1.807) is 0 Å². The summed E-state index contributed by atoms with van der Waals surface area (Å²) in [6, 6.07) is 34.8. The second-order valence-electron chi connectivity index (χ2n) is 7.89. The molecule has 0 fully saturated rings. The Bertz CT molecular complexity index is 1280. The van der Waals surface area contributed by atoms with Crippen molar-refractivity contribution in [2.24, 2.45) is 0 Å². The Morgan fingerprint density at radius 3 is 1.77 bits per heavy atom. The fourth-order valence-corrected chi connectivity index (χ4v) is 6.69. The van der Waals surface area contributed by atoms with Crippen molar-refractivity contribution in [2.45, 2.75) is 19.4 Å². The van der Waals surface area contributed by atoms with Crippen LogP contribution in [0.2, 0.25) is 0 Å². The van der Waals surface area contributed by atoms with E-state index in [0.29, 0.717) is 0 Å². The first-order valence-electron chi connectivity index (χ1n) is 10.0. The lowest BCUT2D eigenvalue weighted by Crippen LogP contribution is -2.25. The number of ether oxygens (including phenoxy) is 1. The second kappa shape index (κ2) is 7.71.